The normalized spacial score (nSPS) is 23.3. The molecule has 0 bridgehead atoms. The minimum absolute atomic E-state index is 0.306. The van der Waals surface area contributed by atoms with Crippen LogP contribution in [0.15, 0.2) is 34.8 Å². The predicted molar refractivity (Wildman–Crippen MR) is 81.2 cm³/mol. The lowest BCUT2D eigenvalue weighted by molar-refractivity contribution is 0.659. The van der Waals surface area contributed by atoms with Gasteiger partial charge in [0.15, 0.2) is 0 Å². The third kappa shape index (κ3) is 1.50. The van der Waals surface area contributed by atoms with Gasteiger partial charge < -0.3 is 0 Å². The summed E-state index contributed by atoms with van der Waals surface area (Å²) in [7, 11) is 0. The van der Waals surface area contributed by atoms with E-state index < -0.39 is 30.2 Å². The topological polar surface area (TPSA) is 0 Å². The number of fused-ring (bicyclic) bond motifs is 3. The molecule has 1 heteroatoms. The van der Waals surface area contributed by atoms with E-state index in [4.69, 9.17) is 11.0 Å². The molecule has 1 aliphatic carbocycles. The van der Waals surface area contributed by atoms with Gasteiger partial charge >= 0.3 is 0 Å². The van der Waals surface area contributed by atoms with Gasteiger partial charge in [0.25, 0.3) is 0 Å². The SMILES string of the molecule is [2H]c1c2c(c([2H])c(C([2H])([2H])[2H])c1C([2H])([2H])[2H])C(C)(C)c1ccc(Br)cc1-2. The fraction of sp³-hybridized carbons (Fsp3) is 0.294. The molecule has 18 heavy (non-hydrogen) atoms. The lowest BCUT2D eigenvalue weighted by atomic mass is 9.82. The first-order chi connectivity index (χ1) is 11.7. The Hall–Kier alpha value is -1.08. The van der Waals surface area contributed by atoms with Crippen molar-refractivity contribution in [2.45, 2.75) is 33.0 Å². The van der Waals surface area contributed by atoms with Crippen molar-refractivity contribution in [1.82, 2.24) is 0 Å². The minimum atomic E-state index is -2.80. The van der Waals surface area contributed by atoms with Gasteiger partial charge in [-0.3, -0.25) is 0 Å². The standard InChI is InChI=1S/C17H17Br/c1-10-7-13-14-9-12(18)5-6-15(14)17(3,4)16(13)8-11(10)2/h5-9H,1-4H3/i1D3,2D3,7D,8D. The van der Waals surface area contributed by atoms with E-state index in [2.05, 4.69) is 15.9 Å². The highest BCUT2D eigenvalue weighted by Gasteiger charge is 2.35. The van der Waals surface area contributed by atoms with Crippen LogP contribution in [-0.2, 0) is 5.41 Å². The van der Waals surface area contributed by atoms with E-state index >= 15 is 0 Å². The second-order valence-electron chi connectivity index (χ2n) is 5.06. The van der Waals surface area contributed by atoms with E-state index in [0.29, 0.717) is 16.7 Å². The second kappa shape index (κ2) is 3.71. The van der Waals surface area contributed by atoms with Crippen LogP contribution in [0.2, 0.25) is 0 Å². The van der Waals surface area contributed by atoms with Crippen molar-refractivity contribution in [1.29, 1.82) is 0 Å². The highest BCUT2D eigenvalue weighted by Crippen LogP contribution is 2.49. The molecular weight excluding hydrogens is 284 g/mol. The molecule has 0 aliphatic heterocycles. The van der Waals surface area contributed by atoms with Crippen molar-refractivity contribution in [2.75, 3.05) is 0 Å². The largest absolute Gasteiger partial charge is 0.0632 e. The molecule has 0 amide bonds. The maximum absolute atomic E-state index is 8.58. The Kier molecular flexibility index (Phi) is 1.22. The third-order valence-electron chi connectivity index (χ3n) is 3.55. The first-order valence-electron chi connectivity index (χ1n) is 9.68. The molecule has 92 valence electrons. The number of halogens is 1. The van der Waals surface area contributed by atoms with Crippen LogP contribution in [0.25, 0.3) is 11.1 Å². The third-order valence-corrected chi connectivity index (χ3v) is 4.04. The van der Waals surface area contributed by atoms with Gasteiger partial charge in [-0.2, -0.15) is 0 Å². The minimum Gasteiger partial charge on any atom is -0.0564 e. The summed E-state index contributed by atoms with van der Waals surface area (Å²) in [6.07, 6.45) is 0. The Bertz CT molecular complexity index is 922. The van der Waals surface area contributed by atoms with Crippen molar-refractivity contribution in [3.8, 4) is 11.1 Å². The molecule has 0 unspecified atom stereocenters. The zero-order valence-electron chi connectivity index (χ0n) is 18.1. The Balaban J connectivity index is 2.58. The number of hydrogen-bond acceptors (Lipinski definition) is 0. The van der Waals surface area contributed by atoms with E-state index in [0.717, 1.165) is 10.0 Å². The Morgan fingerprint density at radius 2 is 1.78 bits per heavy atom. The highest BCUT2D eigenvalue weighted by atomic mass is 79.9. The van der Waals surface area contributed by atoms with Gasteiger partial charge in [0.2, 0.25) is 0 Å². The maximum Gasteiger partial charge on any atom is 0.0632 e. The maximum atomic E-state index is 8.58. The van der Waals surface area contributed by atoms with Gasteiger partial charge in [0.1, 0.15) is 0 Å². The predicted octanol–water partition coefficient (Wildman–Crippen LogP) is 5.37. The van der Waals surface area contributed by atoms with E-state index in [1.165, 1.54) is 0 Å². The molecule has 0 atom stereocenters. The quantitative estimate of drug-likeness (QED) is 0.613. The van der Waals surface area contributed by atoms with Crippen LogP contribution in [-0.4, -0.2) is 0 Å². The molecule has 0 fully saturated rings. The van der Waals surface area contributed by atoms with Crippen molar-refractivity contribution < 1.29 is 11.0 Å². The molecule has 0 heterocycles. The van der Waals surface area contributed by atoms with Gasteiger partial charge in [0, 0.05) is 18.1 Å². The van der Waals surface area contributed by atoms with Crippen molar-refractivity contribution >= 4 is 15.9 Å². The zero-order chi connectivity index (χ0) is 19.8. The van der Waals surface area contributed by atoms with Crippen molar-refractivity contribution in [3.05, 3.63) is 57.0 Å². The van der Waals surface area contributed by atoms with Crippen LogP contribution in [0.5, 0.6) is 0 Å². The molecule has 2 aromatic carbocycles. The summed E-state index contributed by atoms with van der Waals surface area (Å²) in [6.45, 7) is -1.87. The summed E-state index contributed by atoms with van der Waals surface area (Å²) >= 11 is 3.39. The van der Waals surface area contributed by atoms with E-state index in [-0.39, 0.29) is 12.1 Å². The second-order valence-corrected chi connectivity index (χ2v) is 5.98. The molecule has 0 nitrogen and oxygen atoms in total. The molecule has 0 saturated carbocycles. The van der Waals surface area contributed by atoms with Crippen LogP contribution in [0.4, 0.5) is 0 Å². The number of hydrogen-bond donors (Lipinski definition) is 0. The lowest BCUT2D eigenvalue weighted by Crippen LogP contribution is -2.15. The Morgan fingerprint density at radius 1 is 1.06 bits per heavy atom. The summed E-state index contributed by atoms with van der Waals surface area (Å²) in [5, 5.41) is 0. The van der Waals surface area contributed by atoms with E-state index in [9.17, 15) is 0 Å². The Morgan fingerprint density at radius 3 is 2.50 bits per heavy atom. The molecule has 3 rings (SSSR count). The average Bonchev–Trinajstić information content (AvgIpc) is 2.68. The summed E-state index contributed by atoms with van der Waals surface area (Å²) in [4.78, 5) is 0. The molecule has 0 saturated heterocycles. The van der Waals surface area contributed by atoms with Crippen LogP contribution in [0, 0.1) is 13.7 Å². The molecule has 2 aromatic rings. The molecule has 0 radical (unpaired) electrons. The molecular formula is C17H17Br. The monoisotopic (exact) mass is 308 g/mol. The zero-order valence-corrected chi connectivity index (χ0v) is 11.7. The summed E-state index contributed by atoms with van der Waals surface area (Å²) < 4.78 is 64.7. The summed E-state index contributed by atoms with van der Waals surface area (Å²) in [5.41, 5.74) is 0.458. The van der Waals surface area contributed by atoms with E-state index in [1.54, 1.807) is 6.07 Å². The molecule has 0 aromatic heterocycles. The number of rotatable bonds is 0. The summed E-state index contributed by atoms with van der Waals surface area (Å²) in [6, 6.07) is 4.86. The fourth-order valence-corrected chi connectivity index (χ4v) is 2.93. The van der Waals surface area contributed by atoms with Gasteiger partial charge in [-0.05, 0) is 59.2 Å². The lowest BCUT2D eigenvalue weighted by Gasteiger charge is -2.22. The highest BCUT2D eigenvalue weighted by molar-refractivity contribution is 9.10. The molecule has 0 spiro atoms. The average molecular weight is 309 g/mol. The molecule has 1 aliphatic rings. The van der Waals surface area contributed by atoms with E-state index in [1.807, 2.05) is 26.0 Å². The Labute approximate surface area is 128 Å². The van der Waals surface area contributed by atoms with Crippen LogP contribution >= 0.6 is 15.9 Å². The molecule has 0 N–H and O–H groups in total. The van der Waals surface area contributed by atoms with Crippen LogP contribution in [0.1, 0.15) is 47.1 Å². The van der Waals surface area contributed by atoms with Gasteiger partial charge in [-0.25, -0.2) is 0 Å². The van der Waals surface area contributed by atoms with Crippen LogP contribution < -0.4 is 0 Å². The van der Waals surface area contributed by atoms with Crippen molar-refractivity contribution in [2.24, 2.45) is 0 Å². The first-order valence-corrected chi connectivity index (χ1v) is 6.47. The van der Waals surface area contributed by atoms with Gasteiger partial charge in [-0.1, -0.05) is 47.9 Å². The van der Waals surface area contributed by atoms with Gasteiger partial charge in [-0.15, -0.1) is 0 Å². The number of benzene rings is 2. The smallest absolute Gasteiger partial charge is 0.0564 e. The fourth-order valence-electron chi connectivity index (χ4n) is 2.57. The van der Waals surface area contributed by atoms with Crippen molar-refractivity contribution in [3.63, 3.8) is 0 Å². The van der Waals surface area contributed by atoms with Crippen LogP contribution in [0.3, 0.4) is 0 Å². The summed E-state index contributed by atoms with van der Waals surface area (Å²) in [5.74, 6) is 0. The first kappa shape index (κ1) is 5.92. The van der Waals surface area contributed by atoms with Gasteiger partial charge in [0.05, 0.1) is 2.74 Å².